The van der Waals surface area contributed by atoms with E-state index in [1.807, 2.05) is 92.8 Å². The zero-order valence-corrected chi connectivity index (χ0v) is 36.6. The normalized spacial score (nSPS) is 23.0. The van der Waals surface area contributed by atoms with Gasteiger partial charge in [-0.15, -0.1) is 0 Å². The first-order valence-corrected chi connectivity index (χ1v) is 23.8. The molecule has 2 aliphatic heterocycles. The van der Waals surface area contributed by atoms with Crippen molar-refractivity contribution in [2.45, 2.75) is 66.9 Å². The van der Waals surface area contributed by atoms with Gasteiger partial charge >= 0.3 is 20.7 Å². The van der Waals surface area contributed by atoms with Gasteiger partial charge in [-0.1, -0.05) is 72.8 Å². The van der Waals surface area contributed by atoms with Gasteiger partial charge in [-0.05, 0) is 77.8 Å². The molecule has 1 aromatic heterocycles. The van der Waals surface area contributed by atoms with Crippen LogP contribution in [0.15, 0.2) is 130 Å². The molecule has 2 unspecified atom stereocenters. The maximum atomic E-state index is 15.1. The Kier molecular flexibility index (Phi) is 14.6. The third kappa shape index (κ3) is 10.5. The van der Waals surface area contributed by atoms with Gasteiger partial charge in [0.25, 0.3) is 5.56 Å². The molecule has 4 aromatic carbocycles. The molecular weight excluding hydrogens is 845 g/mol. The summed E-state index contributed by atoms with van der Waals surface area (Å²) in [6, 6.07) is 33.8. The van der Waals surface area contributed by atoms with E-state index < -0.39 is 69.2 Å². The van der Waals surface area contributed by atoms with Crippen molar-refractivity contribution in [3.05, 3.63) is 158 Å². The van der Waals surface area contributed by atoms with Crippen LogP contribution in [-0.4, -0.2) is 80.1 Å². The number of ether oxygens (including phenoxy) is 5. The molecule has 7 rings (SSSR count). The van der Waals surface area contributed by atoms with E-state index >= 15 is 4.57 Å². The molecule has 19 heteroatoms. The first kappa shape index (κ1) is 44.8. The minimum Gasteiger partial charge on any atom is -0.497 e. The van der Waals surface area contributed by atoms with Crippen molar-refractivity contribution in [2.24, 2.45) is 0 Å². The number of hydrogen-bond acceptors (Lipinski definition) is 13. The van der Waals surface area contributed by atoms with Gasteiger partial charge in [-0.25, -0.2) is 9.36 Å². The zero-order valence-electron chi connectivity index (χ0n) is 33.9. The number of methoxy groups -OCH3 is 2. The average molecular weight is 893 g/mol. The summed E-state index contributed by atoms with van der Waals surface area (Å²) >= 11 is 0.899. The summed E-state index contributed by atoms with van der Waals surface area (Å²) in [4.78, 5) is 37.4. The summed E-state index contributed by atoms with van der Waals surface area (Å²) in [5, 5.41) is 0. The van der Waals surface area contributed by atoms with E-state index in [9.17, 15) is 19.0 Å². The second-order valence-corrected chi connectivity index (χ2v) is 19.3. The van der Waals surface area contributed by atoms with Crippen molar-refractivity contribution in [3.63, 3.8) is 0 Å². The van der Waals surface area contributed by atoms with Crippen LogP contribution in [0.3, 0.4) is 0 Å². The Labute approximate surface area is 358 Å². The van der Waals surface area contributed by atoms with E-state index in [0.717, 1.165) is 28.1 Å². The standard InChI is InChI=1S/C42H47BN2O13P2S/c1-27-24-45(41(47)44-40(27)46)39-23-34(57-59(48)49)37(56-39)26-54-60(50,61-33-12-8-5-9-13-33)58-35-22-38(43)55-36(35)25-53-42(28-10-6-4-7-11-28,29-14-18-31(51-2)19-15-29)30-16-20-32(52-3)21-17-30/h4-21,24,34-39,59H,22-23,25-26,43H2,1-3H3,(H,48,49)(H,44,46,47)/t34-,35-,36-,37-,38-,39-,60?/m1/s1. The molecule has 0 bridgehead atoms. The van der Waals surface area contributed by atoms with Crippen molar-refractivity contribution >= 4 is 34.3 Å². The predicted octanol–water partition coefficient (Wildman–Crippen LogP) is 5.98. The number of aromatic amines is 1. The second-order valence-electron chi connectivity index (χ2n) is 14.6. The molecule has 322 valence electrons. The van der Waals surface area contributed by atoms with Crippen LogP contribution in [-0.2, 0) is 42.5 Å². The quantitative estimate of drug-likeness (QED) is 0.0596. The predicted molar refractivity (Wildman–Crippen MR) is 231 cm³/mol. The number of H-pyrrole nitrogens is 1. The fourth-order valence-corrected chi connectivity index (χ4v) is 11.6. The summed E-state index contributed by atoms with van der Waals surface area (Å²) in [6.07, 6.45) is -2.92. The SMILES string of the molecule is B[C@H]1C[C@@H](OP(=O)(OC[C@H]2O[C@@H](n3cc(C)c(=O)[nH]c3=O)C[C@H]2O[PH](=O)O)Sc2ccccc2)[C@@H](COC(c2ccccc2)(c2ccc(OC)cc2)c2ccc(OC)cc2)O1. The number of aryl methyl sites for hydroxylation is 1. The maximum Gasteiger partial charge on any atom is 0.394 e. The van der Waals surface area contributed by atoms with Gasteiger partial charge in [0.1, 0.15) is 43.4 Å². The lowest BCUT2D eigenvalue weighted by molar-refractivity contribution is -0.0724. The average Bonchev–Trinajstić information content (AvgIpc) is 3.83. The largest absolute Gasteiger partial charge is 0.497 e. The molecule has 0 amide bonds. The fourth-order valence-electron chi connectivity index (χ4n) is 7.55. The number of hydrogen-bond donors (Lipinski definition) is 2. The molecule has 5 aromatic rings. The van der Waals surface area contributed by atoms with Crippen molar-refractivity contribution in [3.8, 4) is 11.5 Å². The third-order valence-electron chi connectivity index (χ3n) is 10.5. The summed E-state index contributed by atoms with van der Waals surface area (Å²) in [6.45, 7) is -3.04. The van der Waals surface area contributed by atoms with Gasteiger partial charge in [0.15, 0.2) is 0 Å². The van der Waals surface area contributed by atoms with Crippen LogP contribution in [0.5, 0.6) is 11.5 Å². The van der Waals surface area contributed by atoms with Crippen molar-refractivity contribution in [2.75, 3.05) is 27.4 Å². The number of aromatic nitrogens is 2. The highest BCUT2D eigenvalue weighted by Crippen LogP contribution is 2.65. The number of nitrogens with zero attached hydrogens (tertiary/aromatic N) is 1. The first-order chi connectivity index (χ1) is 29.4. The molecule has 2 aliphatic rings. The molecule has 3 heterocycles. The Morgan fingerprint density at radius 1 is 0.836 bits per heavy atom. The van der Waals surface area contributed by atoms with Crippen LogP contribution in [0.25, 0.3) is 0 Å². The zero-order chi connectivity index (χ0) is 43.1. The fraction of sp³-hybridized carbons (Fsp3) is 0.333. The molecular formula is C42H47BN2O13P2S. The topological polar surface area (TPSA) is 183 Å². The van der Waals surface area contributed by atoms with Gasteiger partial charge in [0.05, 0.1) is 39.6 Å². The Morgan fingerprint density at radius 3 is 2.00 bits per heavy atom. The van der Waals surface area contributed by atoms with Gasteiger partial charge in [0.2, 0.25) is 0 Å². The van der Waals surface area contributed by atoms with E-state index in [1.54, 1.807) is 38.5 Å². The molecule has 61 heavy (non-hydrogen) atoms. The van der Waals surface area contributed by atoms with Crippen molar-refractivity contribution in [1.29, 1.82) is 0 Å². The first-order valence-electron chi connectivity index (χ1n) is 19.6. The number of nitrogens with one attached hydrogen (secondary N) is 1. The molecule has 8 atom stereocenters. The molecule has 0 aliphatic carbocycles. The smallest absolute Gasteiger partial charge is 0.394 e. The van der Waals surface area contributed by atoms with Gasteiger partial charge < -0.3 is 33.1 Å². The molecule has 0 saturated carbocycles. The van der Waals surface area contributed by atoms with Crippen LogP contribution < -0.4 is 20.7 Å². The van der Waals surface area contributed by atoms with Gasteiger partial charge in [0, 0.05) is 29.1 Å². The Bertz CT molecular complexity index is 2380. The highest BCUT2D eigenvalue weighted by molar-refractivity contribution is 8.55. The highest BCUT2D eigenvalue weighted by atomic mass is 32.7. The molecule has 0 radical (unpaired) electrons. The minimum atomic E-state index is -4.17. The highest BCUT2D eigenvalue weighted by Gasteiger charge is 2.46. The summed E-state index contributed by atoms with van der Waals surface area (Å²) < 4.78 is 76.9. The Balaban J connectivity index is 1.18. The van der Waals surface area contributed by atoms with Crippen LogP contribution in [0.1, 0.15) is 41.3 Å². The number of benzene rings is 4. The van der Waals surface area contributed by atoms with E-state index in [-0.39, 0.29) is 24.6 Å². The monoisotopic (exact) mass is 892 g/mol. The Morgan fingerprint density at radius 2 is 1.41 bits per heavy atom. The van der Waals surface area contributed by atoms with Crippen molar-refractivity contribution < 1.29 is 51.3 Å². The number of rotatable bonds is 18. The van der Waals surface area contributed by atoms with E-state index in [2.05, 4.69) is 4.98 Å². The van der Waals surface area contributed by atoms with Gasteiger partial charge in [-0.3, -0.25) is 28.0 Å². The summed E-state index contributed by atoms with van der Waals surface area (Å²) in [5.41, 5.74) is 0.295. The molecule has 2 fully saturated rings. The van der Waals surface area contributed by atoms with Crippen molar-refractivity contribution in [1.82, 2.24) is 9.55 Å². The van der Waals surface area contributed by atoms with E-state index in [1.165, 1.54) is 17.7 Å². The molecule has 2 N–H and O–H groups in total. The molecule has 0 spiro atoms. The van der Waals surface area contributed by atoms with E-state index in [0.29, 0.717) is 22.8 Å². The van der Waals surface area contributed by atoms with Crippen LogP contribution in [0.2, 0.25) is 0 Å². The van der Waals surface area contributed by atoms with Crippen LogP contribution in [0.4, 0.5) is 0 Å². The van der Waals surface area contributed by atoms with Crippen LogP contribution in [0, 0.1) is 6.92 Å². The molecule has 2 saturated heterocycles. The molecule has 15 nitrogen and oxygen atoms in total. The van der Waals surface area contributed by atoms with E-state index in [4.69, 9.17) is 37.3 Å². The maximum absolute atomic E-state index is 15.1. The summed E-state index contributed by atoms with van der Waals surface area (Å²) in [5.74, 6) is 1.35. The minimum absolute atomic E-state index is 0.000584. The van der Waals surface area contributed by atoms with Crippen LogP contribution >= 0.6 is 26.4 Å². The lowest BCUT2D eigenvalue weighted by Crippen LogP contribution is -2.38. The Hall–Kier alpha value is -4.25. The lowest BCUT2D eigenvalue weighted by atomic mass is 9.80. The lowest BCUT2D eigenvalue weighted by Gasteiger charge is -2.37. The third-order valence-corrected chi connectivity index (χ3v) is 14.6. The van der Waals surface area contributed by atoms with Gasteiger partial charge in [-0.2, -0.15) is 0 Å². The summed E-state index contributed by atoms with van der Waals surface area (Å²) in [7, 11) is 1.64. The second kappa shape index (κ2) is 19.9.